The first kappa shape index (κ1) is 12.5. The van der Waals surface area contributed by atoms with E-state index in [1.165, 1.54) is 11.3 Å². The van der Waals surface area contributed by atoms with Gasteiger partial charge in [0.25, 0.3) is 0 Å². The largest absolute Gasteiger partial charge is 0.383 e. The summed E-state index contributed by atoms with van der Waals surface area (Å²) in [5.41, 5.74) is -0.997. The summed E-state index contributed by atoms with van der Waals surface area (Å²) in [6.07, 6.45) is 0.771. The molecule has 2 heterocycles. The average Bonchev–Trinajstić information content (AvgIpc) is 2.97. The maximum Gasteiger partial charge on any atom is 0.225 e. The van der Waals surface area contributed by atoms with Crippen LogP contribution in [0.1, 0.15) is 18.2 Å². The van der Waals surface area contributed by atoms with Gasteiger partial charge in [-0.3, -0.25) is 4.79 Å². The zero-order valence-electron chi connectivity index (χ0n) is 9.81. The highest BCUT2D eigenvalue weighted by molar-refractivity contribution is 7.10. The lowest BCUT2D eigenvalue weighted by Gasteiger charge is -2.23. The molecule has 1 aliphatic rings. The van der Waals surface area contributed by atoms with Gasteiger partial charge in [0.15, 0.2) is 0 Å². The predicted molar refractivity (Wildman–Crippen MR) is 65.8 cm³/mol. The average molecular weight is 255 g/mol. The van der Waals surface area contributed by atoms with Crippen molar-refractivity contribution in [1.29, 1.82) is 0 Å². The third kappa shape index (κ3) is 3.06. The molecule has 1 amide bonds. The second-order valence-corrected chi connectivity index (χ2v) is 5.48. The Morgan fingerprint density at radius 3 is 3.18 bits per heavy atom. The number of hydrogen-bond donors (Lipinski definition) is 2. The zero-order chi connectivity index (χ0) is 12.3. The van der Waals surface area contributed by atoms with Crippen molar-refractivity contribution < 1.29 is 14.6 Å². The molecule has 2 atom stereocenters. The van der Waals surface area contributed by atoms with E-state index in [0.29, 0.717) is 13.2 Å². The molecule has 1 fully saturated rings. The smallest absolute Gasteiger partial charge is 0.225 e. The molecule has 17 heavy (non-hydrogen) atoms. The van der Waals surface area contributed by atoms with Crippen molar-refractivity contribution >= 4 is 17.2 Å². The van der Waals surface area contributed by atoms with Gasteiger partial charge in [-0.1, -0.05) is 6.07 Å². The predicted octanol–water partition coefficient (Wildman–Crippen LogP) is 1.11. The third-order valence-corrected chi connectivity index (χ3v) is 4.08. The number of ether oxygens (including phenoxy) is 1. The van der Waals surface area contributed by atoms with Crippen molar-refractivity contribution in [2.75, 3.05) is 19.8 Å². The molecule has 1 aliphatic heterocycles. The van der Waals surface area contributed by atoms with Gasteiger partial charge in [-0.2, -0.15) is 0 Å². The molecule has 0 aromatic carbocycles. The first-order valence-corrected chi connectivity index (χ1v) is 6.59. The van der Waals surface area contributed by atoms with E-state index in [1.807, 2.05) is 17.5 Å². The normalized spacial score (nSPS) is 23.3. The minimum Gasteiger partial charge on any atom is -0.383 e. The fourth-order valence-electron chi connectivity index (χ4n) is 1.82. The number of thiophene rings is 1. The number of amides is 1. The molecule has 0 radical (unpaired) electrons. The minimum atomic E-state index is -0.997. The minimum absolute atomic E-state index is 0.0284. The van der Waals surface area contributed by atoms with Crippen LogP contribution < -0.4 is 5.32 Å². The van der Waals surface area contributed by atoms with Crippen molar-refractivity contribution in [2.45, 2.75) is 18.9 Å². The van der Waals surface area contributed by atoms with Gasteiger partial charge in [-0.25, -0.2) is 0 Å². The fraction of sp³-hybridized carbons (Fsp3) is 0.583. The lowest BCUT2D eigenvalue weighted by atomic mass is 10.0. The van der Waals surface area contributed by atoms with E-state index in [1.54, 1.807) is 6.92 Å². The number of rotatable bonds is 4. The maximum absolute atomic E-state index is 11.8. The first-order valence-electron chi connectivity index (χ1n) is 5.71. The summed E-state index contributed by atoms with van der Waals surface area (Å²) in [4.78, 5) is 12.6. The second-order valence-electron chi connectivity index (χ2n) is 4.53. The SMILES string of the molecule is CC(O)(CNC(=O)C1CCOC1)c1cccs1. The van der Waals surface area contributed by atoms with Crippen LogP contribution in [0.2, 0.25) is 0 Å². The molecule has 2 N–H and O–H groups in total. The van der Waals surface area contributed by atoms with Crippen LogP contribution in [-0.4, -0.2) is 30.8 Å². The topological polar surface area (TPSA) is 58.6 Å². The van der Waals surface area contributed by atoms with E-state index in [0.717, 1.165) is 11.3 Å². The molecule has 1 aromatic rings. The summed E-state index contributed by atoms with van der Waals surface area (Å²) >= 11 is 1.49. The molecule has 0 bridgehead atoms. The standard InChI is InChI=1S/C12H17NO3S/c1-12(15,10-3-2-6-17-10)8-13-11(14)9-4-5-16-7-9/h2-3,6,9,15H,4-5,7-8H2,1H3,(H,13,14). The highest BCUT2D eigenvalue weighted by Gasteiger charge is 2.28. The van der Waals surface area contributed by atoms with Crippen LogP contribution in [0.4, 0.5) is 0 Å². The molecule has 0 spiro atoms. The Kier molecular flexibility index (Phi) is 3.81. The number of hydrogen-bond acceptors (Lipinski definition) is 4. The molecule has 94 valence electrons. The summed E-state index contributed by atoms with van der Waals surface area (Å²) in [5, 5.41) is 14.9. The van der Waals surface area contributed by atoms with Crippen LogP contribution in [0.25, 0.3) is 0 Å². The highest BCUT2D eigenvalue weighted by Crippen LogP contribution is 2.24. The van der Waals surface area contributed by atoms with Crippen LogP contribution in [0.5, 0.6) is 0 Å². The number of carbonyl (C=O) groups excluding carboxylic acids is 1. The molecule has 1 saturated heterocycles. The van der Waals surface area contributed by atoms with Crippen molar-refractivity contribution in [3.8, 4) is 0 Å². The van der Waals surface area contributed by atoms with Crippen molar-refractivity contribution in [3.63, 3.8) is 0 Å². The Hall–Kier alpha value is -0.910. The molecule has 4 nitrogen and oxygen atoms in total. The van der Waals surface area contributed by atoms with Crippen LogP contribution in [0, 0.1) is 5.92 Å². The van der Waals surface area contributed by atoms with Crippen LogP contribution in [0.3, 0.4) is 0 Å². The fourth-order valence-corrected chi connectivity index (χ4v) is 2.60. The Bertz CT molecular complexity index is 369. The van der Waals surface area contributed by atoms with Crippen molar-refractivity contribution in [1.82, 2.24) is 5.32 Å². The molecular weight excluding hydrogens is 238 g/mol. The third-order valence-electron chi connectivity index (χ3n) is 2.96. The van der Waals surface area contributed by atoms with Gasteiger partial charge < -0.3 is 15.2 Å². The number of carbonyl (C=O) groups is 1. The van der Waals surface area contributed by atoms with Gasteiger partial charge in [0.2, 0.25) is 5.91 Å². The van der Waals surface area contributed by atoms with E-state index < -0.39 is 5.60 Å². The molecule has 2 rings (SSSR count). The number of nitrogens with one attached hydrogen (secondary N) is 1. The van der Waals surface area contributed by atoms with Gasteiger partial charge in [-0.15, -0.1) is 11.3 Å². The molecule has 0 aliphatic carbocycles. The summed E-state index contributed by atoms with van der Waals surface area (Å²) in [6.45, 7) is 3.10. The summed E-state index contributed by atoms with van der Waals surface area (Å²) in [5.74, 6) is -0.0894. The maximum atomic E-state index is 11.8. The van der Waals surface area contributed by atoms with Crippen LogP contribution in [-0.2, 0) is 15.1 Å². The van der Waals surface area contributed by atoms with E-state index in [9.17, 15) is 9.90 Å². The summed E-state index contributed by atoms with van der Waals surface area (Å²) < 4.78 is 5.16. The van der Waals surface area contributed by atoms with E-state index in [2.05, 4.69) is 5.32 Å². The summed E-state index contributed by atoms with van der Waals surface area (Å²) in [7, 11) is 0. The highest BCUT2D eigenvalue weighted by atomic mass is 32.1. The van der Waals surface area contributed by atoms with Gasteiger partial charge in [-0.05, 0) is 24.8 Å². The molecule has 0 saturated carbocycles. The molecule has 1 aromatic heterocycles. The molecule has 5 heteroatoms. The lowest BCUT2D eigenvalue weighted by Crippen LogP contribution is -2.40. The van der Waals surface area contributed by atoms with Gasteiger partial charge in [0, 0.05) is 11.5 Å². The van der Waals surface area contributed by atoms with Crippen molar-refractivity contribution in [2.24, 2.45) is 5.92 Å². The monoisotopic (exact) mass is 255 g/mol. The zero-order valence-corrected chi connectivity index (χ0v) is 10.6. The first-order chi connectivity index (χ1) is 8.09. The van der Waals surface area contributed by atoms with E-state index in [4.69, 9.17) is 4.74 Å². The number of aliphatic hydroxyl groups is 1. The molecule has 2 unspecified atom stereocenters. The van der Waals surface area contributed by atoms with E-state index in [-0.39, 0.29) is 18.4 Å². The Balaban J connectivity index is 1.87. The quantitative estimate of drug-likeness (QED) is 0.847. The molecular formula is C12H17NO3S. The Labute approximate surface area is 105 Å². The van der Waals surface area contributed by atoms with Crippen LogP contribution >= 0.6 is 11.3 Å². The van der Waals surface area contributed by atoms with Crippen molar-refractivity contribution in [3.05, 3.63) is 22.4 Å². The second kappa shape index (κ2) is 5.16. The Morgan fingerprint density at radius 2 is 2.59 bits per heavy atom. The van der Waals surface area contributed by atoms with Gasteiger partial charge in [0.05, 0.1) is 19.1 Å². The van der Waals surface area contributed by atoms with E-state index >= 15 is 0 Å². The Morgan fingerprint density at radius 1 is 1.76 bits per heavy atom. The summed E-state index contributed by atoms with van der Waals surface area (Å²) in [6, 6.07) is 3.76. The van der Waals surface area contributed by atoms with Gasteiger partial charge in [0.1, 0.15) is 5.60 Å². The lowest BCUT2D eigenvalue weighted by molar-refractivity contribution is -0.126. The van der Waals surface area contributed by atoms with Crippen LogP contribution in [0.15, 0.2) is 17.5 Å². The van der Waals surface area contributed by atoms with Gasteiger partial charge >= 0.3 is 0 Å².